The van der Waals surface area contributed by atoms with Gasteiger partial charge in [0.2, 0.25) is 5.82 Å². The van der Waals surface area contributed by atoms with Gasteiger partial charge < -0.3 is 0 Å². The number of hydrogen-bond donors (Lipinski definition) is 0. The zero-order chi connectivity index (χ0) is 10.7. The summed E-state index contributed by atoms with van der Waals surface area (Å²) in [5.41, 5.74) is 4.13. The van der Waals surface area contributed by atoms with Crippen LogP contribution in [0.15, 0.2) is 30.5 Å². The molecule has 2 aromatic rings. The molecule has 2 aromatic heterocycles. The highest BCUT2D eigenvalue weighted by Gasteiger charge is 2.05. The molecule has 0 saturated carbocycles. The molecule has 0 radical (unpaired) electrons. The SMILES string of the molecule is C=C=Cc1cccc(-c2nnn(C)n2)n1. The number of pyridine rings is 1. The van der Waals surface area contributed by atoms with Crippen LogP contribution in [-0.2, 0) is 7.05 Å². The molecular formula is C10H9N5. The molecule has 0 aliphatic heterocycles. The van der Waals surface area contributed by atoms with Crippen LogP contribution in [0.2, 0.25) is 0 Å². The van der Waals surface area contributed by atoms with Crippen LogP contribution in [0.3, 0.4) is 0 Å². The van der Waals surface area contributed by atoms with E-state index in [2.05, 4.69) is 32.7 Å². The van der Waals surface area contributed by atoms with Crippen molar-refractivity contribution < 1.29 is 0 Å². The fourth-order valence-corrected chi connectivity index (χ4v) is 1.15. The van der Waals surface area contributed by atoms with Crippen molar-refractivity contribution in [3.8, 4) is 11.5 Å². The molecule has 15 heavy (non-hydrogen) atoms. The summed E-state index contributed by atoms with van der Waals surface area (Å²) in [6.07, 6.45) is 1.69. The molecule has 0 spiro atoms. The number of rotatable bonds is 2. The summed E-state index contributed by atoms with van der Waals surface area (Å²) in [7, 11) is 1.71. The van der Waals surface area contributed by atoms with Crippen LogP contribution in [0.25, 0.3) is 17.6 Å². The van der Waals surface area contributed by atoms with Crippen LogP contribution in [0, 0.1) is 0 Å². The molecule has 74 valence electrons. The first-order chi connectivity index (χ1) is 7.29. The van der Waals surface area contributed by atoms with Crippen molar-refractivity contribution in [1.82, 2.24) is 25.2 Å². The van der Waals surface area contributed by atoms with E-state index in [9.17, 15) is 0 Å². The second-order valence-electron chi connectivity index (χ2n) is 2.90. The van der Waals surface area contributed by atoms with Gasteiger partial charge in [0.05, 0.1) is 12.7 Å². The highest BCUT2D eigenvalue weighted by Crippen LogP contribution is 2.10. The molecule has 0 bridgehead atoms. The molecule has 2 rings (SSSR count). The van der Waals surface area contributed by atoms with Gasteiger partial charge in [-0.25, -0.2) is 4.98 Å². The summed E-state index contributed by atoms with van der Waals surface area (Å²) in [6, 6.07) is 5.57. The molecule has 2 heterocycles. The maximum Gasteiger partial charge on any atom is 0.223 e. The van der Waals surface area contributed by atoms with Crippen LogP contribution in [0.1, 0.15) is 5.69 Å². The van der Waals surface area contributed by atoms with E-state index >= 15 is 0 Å². The fourth-order valence-electron chi connectivity index (χ4n) is 1.15. The molecule has 0 N–H and O–H groups in total. The lowest BCUT2D eigenvalue weighted by Gasteiger charge is -1.94. The summed E-state index contributed by atoms with van der Waals surface area (Å²) >= 11 is 0. The molecule has 0 aromatic carbocycles. The summed E-state index contributed by atoms with van der Waals surface area (Å²) in [5, 5.41) is 11.7. The number of aromatic nitrogens is 5. The van der Waals surface area contributed by atoms with E-state index in [-0.39, 0.29) is 0 Å². The van der Waals surface area contributed by atoms with E-state index in [1.807, 2.05) is 18.2 Å². The van der Waals surface area contributed by atoms with Crippen LogP contribution >= 0.6 is 0 Å². The molecule has 0 atom stereocenters. The summed E-state index contributed by atoms with van der Waals surface area (Å²) in [6.45, 7) is 3.49. The van der Waals surface area contributed by atoms with Gasteiger partial charge in [0.25, 0.3) is 0 Å². The molecule has 0 aliphatic rings. The van der Waals surface area contributed by atoms with Gasteiger partial charge in [0, 0.05) is 6.08 Å². The lowest BCUT2D eigenvalue weighted by molar-refractivity contribution is 0.630. The van der Waals surface area contributed by atoms with Crippen molar-refractivity contribution in [2.24, 2.45) is 7.05 Å². The largest absolute Gasteiger partial charge is 0.244 e. The zero-order valence-corrected chi connectivity index (χ0v) is 8.25. The first-order valence-electron chi connectivity index (χ1n) is 4.37. The van der Waals surface area contributed by atoms with Gasteiger partial charge in [-0.2, -0.15) is 4.80 Å². The number of hydrogen-bond acceptors (Lipinski definition) is 4. The van der Waals surface area contributed by atoms with Gasteiger partial charge in [-0.1, -0.05) is 12.6 Å². The average molecular weight is 199 g/mol. The minimum atomic E-state index is 0.511. The van der Waals surface area contributed by atoms with Gasteiger partial charge in [-0.3, -0.25) is 0 Å². The summed E-state index contributed by atoms with van der Waals surface area (Å²) in [5.74, 6) is 0.511. The second kappa shape index (κ2) is 3.86. The number of tetrazole rings is 1. The quantitative estimate of drug-likeness (QED) is 0.679. The topological polar surface area (TPSA) is 56.5 Å². The van der Waals surface area contributed by atoms with Gasteiger partial charge in [-0.15, -0.1) is 15.9 Å². The monoisotopic (exact) mass is 199 g/mol. The van der Waals surface area contributed by atoms with E-state index in [0.717, 1.165) is 5.69 Å². The first kappa shape index (κ1) is 9.30. The van der Waals surface area contributed by atoms with Crippen molar-refractivity contribution in [3.63, 3.8) is 0 Å². The number of nitrogens with zero attached hydrogens (tertiary/aromatic N) is 5. The van der Waals surface area contributed by atoms with Gasteiger partial charge in [0.1, 0.15) is 5.69 Å². The van der Waals surface area contributed by atoms with E-state index in [4.69, 9.17) is 0 Å². The minimum Gasteiger partial charge on any atom is -0.244 e. The van der Waals surface area contributed by atoms with Crippen molar-refractivity contribution in [3.05, 3.63) is 36.2 Å². The predicted molar refractivity (Wildman–Crippen MR) is 55.6 cm³/mol. The molecule has 0 fully saturated rings. The Bertz CT molecular complexity index is 522. The van der Waals surface area contributed by atoms with Crippen LogP contribution in [0.4, 0.5) is 0 Å². The van der Waals surface area contributed by atoms with E-state index in [1.165, 1.54) is 4.80 Å². The Kier molecular flexibility index (Phi) is 2.39. The molecule has 5 nitrogen and oxygen atoms in total. The van der Waals surface area contributed by atoms with Gasteiger partial charge in [0.15, 0.2) is 0 Å². The zero-order valence-electron chi connectivity index (χ0n) is 8.25. The third-order valence-electron chi connectivity index (χ3n) is 1.76. The Balaban J connectivity index is 2.44. The fraction of sp³-hybridized carbons (Fsp3) is 0.100. The smallest absolute Gasteiger partial charge is 0.223 e. The molecule has 0 aliphatic carbocycles. The maximum absolute atomic E-state index is 4.31. The normalized spacial score (nSPS) is 9.67. The number of aryl methyl sites for hydroxylation is 1. The molecule has 0 amide bonds. The second-order valence-corrected chi connectivity index (χ2v) is 2.90. The lowest BCUT2D eigenvalue weighted by atomic mass is 10.3. The third kappa shape index (κ3) is 1.98. The maximum atomic E-state index is 4.31. The van der Waals surface area contributed by atoms with Gasteiger partial charge in [-0.05, 0) is 17.3 Å². The Morgan fingerprint density at radius 2 is 2.33 bits per heavy atom. The standard InChI is InChI=1S/C10H9N5/c1-3-5-8-6-4-7-9(11-8)10-12-14-15(2)13-10/h4-7H,1H2,2H3. The Hall–Kier alpha value is -2.26. The van der Waals surface area contributed by atoms with Crippen molar-refractivity contribution in [1.29, 1.82) is 0 Å². The minimum absolute atomic E-state index is 0.511. The van der Waals surface area contributed by atoms with Crippen molar-refractivity contribution >= 4 is 6.08 Å². The molecular weight excluding hydrogens is 190 g/mol. The molecule has 0 unspecified atom stereocenters. The van der Waals surface area contributed by atoms with Crippen LogP contribution in [-0.4, -0.2) is 25.2 Å². The Morgan fingerprint density at radius 3 is 3.00 bits per heavy atom. The van der Waals surface area contributed by atoms with Crippen molar-refractivity contribution in [2.45, 2.75) is 0 Å². The average Bonchev–Trinajstić information content (AvgIpc) is 2.66. The van der Waals surface area contributed by atoms with E-state index < -0.39 is 0 Å². The molecule has 0 saturated heterocycles. The van der Waals surface area contributed by atoms with E-state index in [0.29, 0.717) is 11.5 Å². The first-order valence-corrected chi connectivity index (χ1v) is 4.37. The summed E-state index contributed by atoms with van der Waals surface area (Å²) < 4.78 is 0. The summed E-state index contributed by atoms with van der Waals surface area (Å²) in [4.78, 5) is 5.71. The Labute approximate surface area is 86.8 Å². The van der Waals surface area contributed by atoms with Crippen molar-refractivity contribution in [2.75, 3.05) is 0 Å². The highest BCUT2D eigenvalue weighted by molar-refractivity contribution is 5.52. The molecule has 5 heteroatoms. The highest BCUT2D eigenvalue weighted by atomic mass is 15.6. The van der Waals surface area contributed by atoms with Crippen LogP contribution in [0.5, 0.6) is 0 Å². The van der Waals surface area contributed by atoms with Crippen LogP contribution < -0.4 is 0 Å². The lowest BCUT2D eigenvalue weighted by Crippen LogP contribution is -1.92. The predicted octanol–water partition coefficient (Wildman–Crippen LogP) is 1.07. The van der Waals surface area contributed by atoms with E-state index in [1.54, 1.807) is 13.1 Å². The third-order valence-corrected chi connectivity index (χ3v) is 1.76. The van der Waals surface area contributed by atoms with Gasteiger partial charge >= 0.3 is 0 Å². The Morgan fingerprint density at radius 1 is 1.47 bits per heavy atom.